The number of ether oxygens (including phenoxy) is 1. The number of benzene rings is 1. The fourth-order valence-electron chi connectivity index (χ4n) is 2.11. The van der Waals surface area contributed by atoms with Crippen molar-refractivity contribution in [1.29, 1.82) is 0 Å². The Hall–Kier alpha value is -1.59. The SMILES string of the molecule is CC(CCCO)NC(=O)Nc1ccc2c(c1)COC2. The van der Waals surface area contributed by atoms with Gasteiger partial charge in [0.2, 0.25) is 0 Å². The minimum Gasteiger partial charge on any atom is -0.396 e. The van der Waals surface area contributed by atoms with Gasteiger partial charge in [0.1, 0.15) is 0 Å². The van der Waals surface area contributed by atoms with E-state index < -0.39 is 0 Å². The molecular formula is C14H20N2O3. The van der Waals surface area contributed by atoms with Gasteiger partial charge < -0.3 is 20.5 Å². The molecule has 0 aromatic heterocycles. The summed E-state index contributed by atoms with van der Waals surface area (Å²) in [5.74, 6) is 0. The number of urea groups is 1. The molecule has 0 radical (unpaired) electrons. The van der Waals surface area contributed by atoms with E-state index in [9.17, 15) is 4.79 Å². The maximum atomic E-state index is 11.8. The van der Waals surface area contributed by atoms with Gasteiger partial charge in [-0.2, -0.15) is 0 Å². The van der Waals surface area contributed by atoms with Crippen LogP contribution in [0.1, 0.15) is 30.9 Å². The number of carbonyl (C=O) groups excluding carboxylic acids is 1. The Balaban J connectivity index is 1.85. The van der Waals surface area contributed by atoms with Crippen molar-refractivity contribution in [3.8, 4) is 0 Å². The Morgan fingerprint density at radius 2 is 2.21 bits per heavy atom. The fourth-order valence-corrected chi connectivity index (χ4v) is 2.11. The molecule has 104 valence electrons. The third-order valence-electron chi connectivity index (χ3n) is 3.15. The smallest absolute Gasteiger partial charge is 0.319 e. The molecule has 1 aromatic carbocycles. The molecule has 1 aliphatic rings. The van der Waals surface area contributed by atoms with Crippen molar-refractivity contribution in [2.75, 3.05) is 11.9 Å². The molecule has 5 nitrogen and oxygen atoms in total. The van der Waals surface area contributed by atoms with Gasteiger partial charge in [0, 0.05) is 18.3 Å². The second-order valence-electron chi connectivity index (χ2n) is 4.84. The molecule has 1 unspecified atom stereocenters. The number of anilines is 1. The molecule has 1 aliphatic heterocycles. The lowest BCUT2D eigenvalue weighted by Crippen LogP contribution is -2.36. The van der Waals surface area contributed by atoms with E-state index in [-0.39, 0.29) is 18.7 Å². The zero-order valence-corrected chi connectivity index (χ0v) is 11.1. The van der Waals surface area contributed by atoms with E-state index in [1.54, 1.807) is 0 Å². The first kappa shape index (κ1) is 13.8. The van der Waals surface area contributed by atoms with Crippen molar-refractivity contribution in [3.05, 3.63) is 29.3 Å². The Morgan fingerprint density at radius 1 is 1.42 bits per heavy atom. The molecule has 2 amide bonds. The first-order valence-corrected chi connectivity index (χ1v) is 6.57. The third-order valence-corrected chi connectivity index (χ3v) is 3.15. The van der Waals surface area contributed by atoms with E-state index in [4.69, 9.17) is 9.84 Å². The number of carbonyl (C=O) groups is 1. The summed E-state index contributed by atoms with van der Waals surface area (Å²) < 4.78 is 5.33. The lowest BCUT2D eigenvalue weighted by Gasteiger charge is -2.14. The zero-order valence-electron chi connectivity index (χ0n) is 11.1. The molecule has 1 aromatic rings. The summed E-state index contributed by atoms with van der Waals surface area (Å²) in [5.41, 5.74) is 3.09. The van der Waals surface area contributed by atoms with Gasteiger partial charge in [0.05, 0.1) is 13.2 Å². The highest BCUT2D eigenvalue weighted by atomic mass is 16.5. The maximum Gasteiger partial charge on any atom is 0.319 e. The topological polar surface area (TPSA) is 70.6 Å². The lowest BCUT2D eigenvalue weighted by atomic mass is 10.1. The van der Waals surface area contributed by atoms with Crippen LogP contribution in [0.2, 0.25) is 0 Å². The molecule has 1 atom stereocenters. The second kappa shape index (κ2) is 6.54. The van der Waals surface area contributed by atoms with Crippen molar-refractivity contribution in [3.63, 3.8) is 0 Å². The summed E-state index contributed by atoms with van der Waals surface area (Å²) in [6, 6.07) is 5.63. The van der Waals surface area contributed by atoms with Gasteiger partial charge in [0.15, 0.2) is 0 Å². The molecule has 1 heterocycles. The van der Waals surface area contributed by atoms with Crippen LogP contribution in [0.4, 0.5) is 10.5 Å². The summed E-state index contributed by atoms with van der Waals surface area (Å²) in [6.07, 6.45) is 1.46. The van der Waals surface area contributed by atoms with Crippen molar-refractivity contribution in [2.24, 2.45) is 0 Å². The minimum absolute atomic E-state index is 0.0462. The van der Waals surface area contributed by atoms with Crippen LogP contribution in [-0.2, 0) is 18.0 Å². The number of nitrogens with one attached hydrogen (secondary N) is 2. The number of rotatable bonds is 5. The molecule has 3 N–H and O–H groups in total. The first-order valence-electron chi connectivity index (χ1n) is 6.57. The highest BCUT2D eigenvalue weighted by Crippen LogP contribution is 2.23. The Kier molecular flexibility index (Phi) is 4.76. The average Bonchev–Trinajstić information content (AvgIpc) is 2.83. The predicted molar refractivity (Wildman–Crippen MR) is 72.9 cm³/mol. The molecular weight excluding hydrogens is 244 g/mol. The number of hydrogen-bond acceptors (Lipinski definition) is 3. The monoisotopic (exact) mass is 264 g/mol. The molecule has 0 aliphatic carbocycles. The molecule has 0 spiro atoms. The quantitative estimate of drug-likeness (QED) is 0.761. The molecule has 0 fully saturated rings. The number of aliphatic hydroxyl groups is 1. The van der Waals surface area contributed by atoms with Gasteiger partial charge in [-0.3, -0.25) is 0 Å². The maximum absolute atomic E-state index is 11.8. The van der Waals surface area contributed by atoms with Crippen molar-refractivity contribution < 1.29 is 14.6 Å². The predicted octanol–water partition coefficient (Wildman–Crippen LogP) is 2.00. The third kappa shape index (κ3) is 3.94. The van der Waals surface area contributed by atoms with Crippen LogP contribution in [-0.4, -0.2) is 23.8 Å². The molecule has 0 saturated carbocycles. The summed E-state index contributed by atoms with van der Waals surface area (Å²) in [5, 5.41) is 14.4. The Morgan fingerprint density at radius 3 is 3.00 bits per heavy atom. The normalized spacial score (nSPS) is 14.8. The lowest BCUT2D eigenvalue weighted by molar-refractivity contribution is 0.134. The summed E-state index contributed by atoms with van der Waals surface area (Å²) in [6.45, 7) is 3.34. The van der Waals surface area contributed by atoms with E-state index >= 15 is 0 Å². The van der Waals surface area contributed by atoms with Crippen molar-refractivity contribution in [2.45, 2.75) is 39.0 Å². The summed E-state index contributed by atoms with van der Waals surface area (Å²) in [7, 11) is 0. The van der Waals surface area contributed by atoms with Gasteiger partial charge in [-0.1, -0.05) is 6.07 Å². The van der Waals surface area contributed by atoms with E-state index in [2.05, 4.69) is 10.6 Å². The van der Waals surface area contributed by atoms with Gasteiger partial charge >= 0.3 is 6.03 Å². The van der Waals surface area contributed by atoms with Crippen LogP contribution >= 0.6 is 0 Å². The van der Waals surface area contributed by atoms with Crippen LogP contribution in [0.5, 0.6) is 0 Å². The minimum atomic E-state index is -0.218. The van der Waals surface area contributed by atoms with Gasteiger partial charge in [-0.05, 0) is 43.0 Å². The molecule has 0 bridgehead atoms. The second-order valence-corrected chi connectivity index (χ2v) is 4.84. The molecule has 19 heavy (non-hydrogen) atoms. The van der Waals surface area contributed by atoms with Gasteiger partial charge in [-0.15, -0.1) is 0 Å². The molecule has 0 saturated heterocycles. The number of hydrogen-bond donors (Lipinski definition) is 3. The van der Waals surface area contributed by atoms with Crippen LogP contribution in [0.3, 0.4) is 0 Å². The van der Waals surface area contributed by atoms with Crippen molar-refractivity contribution in [1.82, 2.24) is 5.32 Å². The van der Waals surface area contributed by atoms with Crippen LogP contribution in [0, 0.1) is 0 Å². The van der Waals surface area contributed by atoms with Gasteiger partial charge in [-0.25, -0.2) is 4.79 Å². The highest BCUT2D eigenvalue weighted by Gasteiger charge is 2.12. The van der Waals surface area contributed by atoms with Gasteiger partial charge in [0.25, 0.3) is 0 Å². The number of amides is 2. The van der Waals surface area contributed by atoms with Crippen molar-refractivity contribution >= 4 is 11.7 Å². The van der Waals surface area contributed by atoms with E-state index in [1.165, 1.54) is 5.56 Å². The average molecular weight is 264 g/mol. The zero-order chi connectivity index (χ0) is 13.7. The first-order chi connectivity index (χ1) is 9.19. The summed E-state index contributed by atoms with van der Waals surface area (Å²) in [4.78, 5) is 11.8. The fraction of sp³-hybridized carbons (Fsp3) is 0.500. The van der Waals surface area contributed by atoms with Crippen LogP contribution in [0.25, 0.3) is 0 Å². The highest BCUT2D eigenvalue weighted by molar-refractivity contribution is 5.89. The standard InChI is InChI=1S/C14H20N2O3/c1-10(3-2-6-17)15-14(18)16-13-5-4-11-8-19-9-12(11)7-13/h4-5,7,10,17H,2-3,6,8-9H2,1H3,(H2,15,16,18). The Bertz CT molecular complexity index is 448. The molecule has 5 heteroatoms. The summed E-state index contributed by atoms with van der Waals surface area (Å²) >= 11 is 0. The van der Waals surface area contributed by atoms with E-state index in [0.717, 1.165) is 17.7 Å². The number of fused-ring (bicyclic) bond motifs is 1. The van der Waals surface area contributed by atoms with Crippen LogP contribution in [0.15, 0.2) is 18.2 Å². The molecule has 2 rings (SSSR count). The van der Waals surface area contributed by atoms with Crippen LogP contribution < -0.4 is 10.6 Å². The Labute approximate surface area is 113 Å². The van der Waals surface area contributed by atoms with E-state index in [1.807, 2.05) is 25.1 Å². The largest absolute Gasteiger partial charge is 0.396 e. The number of aliphatic hydroxyl groups excluding tert-OH is 1. The van der Waals surface area contributed by atoms with E-state index in [0.29, 0.717) is 19.6 Å².